The molecule has 3 fully saturated rings. The minimum Gasteiger partial charge on any atom is -0.312 e. The lowest BCUT2D eigenvalue weighted by Gasteiger charge is -2.46. The molecule has 2 aliphatic carbocycles. The molecule has 1 aliphatic heterocycles. The van der Waals surface area contributed by atoms with Gasteiger partial charge in [0.05, 0.1) is 0 Å². The second-order valence-corrected chi connectivity index (χ2v) is 7.58. The van der Waals surface area contributed by atoms with Crippen molar-refractivity contribution in [2.75, 3.05) is 6.54 Å². The average molecular weight is 273 g/mol. The van der Waals surface area contributed by atoms with Crippen LogP contribution in [-0.4, -0.2) is 12.6 Å². The molecule has 2 saturated carbocycles. The van der Waals surface area contributed by atoms with E-state index in [1.807, 2.05) is 0 Å². The summed E-state index contributed by atoms with van der Waals surface area (Å²) in [5.74, 6) is 8.50. The maximum Gasteiger partial charge on any atom is 0.0333 e. The van der Waals surface area contributed by atoms with Crippen LogP contribution < -0.4 is 5.32 Å². The van der Waals surface area contributed by atoms with E-state index in [9.17, 15) is 0 Å². The van der Waals surface area contributed by atoms with E-state index in [1.165, 1.54) is 70.6 Å². The van der Waals surface area contributed by atoms with Crippen LogP contribution in [0.15, 0.2) is 0 Å². The molecule has 1 saturated heterocycles. The second kappa shape index (κ2) is 6.52. The van der Waals surface area contributed by atoms with Gasteiger partial charge >= 0.3 is 0 Å². The highest BCUT2D eigenvalue weighted by atomic mass is 14.9. The fourth-order valence-corrected chi connectivity index (χ4v) is 4.26. The molecule has 2 atom stereocenters. The van der Waals surface area contributed by atoms with Crippen molar-refractivity contribution < 1.29 is 0 Å². The fraction of sp³-hybridized carbons (Fsp3) is 0.895. The summed E-state index contributed by atoms with van der Waals surface area (Å²) in [5.41, 5.74) is 0.547. The highest BCUT2D eigenvalue weighted by molar-refractivity contribution is 5.14. The molecule has 0 aromatic heterocycles. The monoisotopic (exact) mass is 273 g/mol. The molecule has 112 valence electrons. The number of hydrogen-bond acceptors (Lipinski definition) is 1. The molecule has 0 radical (unpaired) electrons. The third-order valence-corrected chi connectivity index (χ3v) is 5.91. The summed E-state index contributed by atoms with van der Waals surface area (Å²) < 4.78 is 0. The Kier molecular flexibility index (Phi) is 4.72. The first-order chi connectivity index (χ1) is 9.78. The van der Waals surface area contributed by atoms with Crippen LogP contribution in [-0.2, 0) is 0 Å². The predicted octanol–water partition coefficient (Wildman–Crippen LogP) is 4.52. The quantitative estimate of drug-likeness (QED) is 0.640. The third-order valence-electron chi connectivity index (χ3n) is 5.91. The van der Waals surface area contributed by atoms with Crippen molar-refractivity contribution in [1.82, 2.24) is 5.32 Å². The first kappa shape index (κ1) is 14.5. The van der Waals surface area contributed by atoms with Gasteiger partial charge in [-0.05, 0) is 44.4 Å². The van der Waals surface area contributed by atoms with Gasteiger partial charge in [-0.3, -0.25) is 0 Å². The lowest BCUT2D eigenvalue weighted by Crippen LogP contribution is -2.51. The number of rotatable bonds is 0. The van der Waals surface area contributed by atoms with E-state index in [-0.39, 0.29) is 0 Å². The highest BCUT2D eigenvalue weighted by Crippen LogP contribution is 2.44. The summed E-state index contributed by atoms with van der Waals surface area (Å²) in [6.45, 7) is 3.56. The molecular formula is C19H31N. The van der Waals surface area contributed by atoms with Gasteiger partial charge < -0.3 is 5.32 Å². The molecular weight excluding hydrogens is 242 g/mol. The zero-order chi connectivity index (χ0) is 13.8. The predicted molar refractivity (Wildman–Crippen MR) is 85.4 cm³/mol. The fourth-order valence-electron chi connectivity index (χ4n) is 4.26. The number of hydrogen-bond donors (Lipinski definition) is 1. The number of piperidine rings is 1. The van der Waals surface area contributed by atoms with Gasteiger partial charge in [-0.15, -0.1) is 0 Å². The van der Waals surface area contributed by atoms with Crippen LogP contribution in [0.1, 0.15) is 77.6 Å². The summed E-state index contributed by atoms with van der Waals surface area (Å²) in [4.78, 5) is 0. The largest absolute Gasteiger partial charge is 0.312 e. The Hall–Kier alpha value is -0.480. The van der Waals surface area contributed by atoms with Gasteiger partial charge in [0.2, 0.25) is 0 Å². The molecule has 0 bridgehead atoms. The topological polar surface area (TPSA) is 12.0 Å². The van der Waals surface area contributed by atoms with Gasteiger partial charge in [-0.25, -0.2) is 0 Å². The second-order valence-electron chi connectivity index (χ2n) is 7.58. The summed E-state index contributed by atoms with van der Waals surface area (Å²) in [7, 11) is 0. The number of nitrogens with one attached hydrogen (secondary N) is 1. The maximum absolute atomic E-state index is 3.80. The van der Waals surface area contributed by atoms with Gasteiger partial charge in [0.25, 0.3) is 0 Å². The SMILES string of the molecule is C[C@H]1NCC(C#CC2CC2)CC12CCCCCCCC2. The molecule has 1 heteroatoms. The standard InChI is InChI=1S/C19H31N/c1-16-19(12-6-4-2-3-5-7-13-19)14-18(15-20-16)11-10-17-8-9-17/h16-18,20H,2-9,12-15H2,1H3/t16-,18?/m1/s1. The van der Waals surface area contributed by atoms with Crippen molar-refractivity contribution in [2.24, 2.45) is 17.3 Å². The van der Waals surface area contributed by atoms with E-state index >= 15 is 0 Å². The normalized spacial score (nSPS) is 34.5. The van der Waals surface area contributed by atoms with E-state index in [2.05, 4.69) is 24.1 Å². The average Bonchev–Trinajstić information content (AvgIpc) is 3.25. The van der Waals surface area contributed by atoms with E-state index < -0.39 is 0 Å². The Labute approximate surface area is 125 Å². The van der Waals surface area contributed by atoms with E-state index in [1.54, 1.807) is 0 Å². The Morgan fingerprint density at radius 3 is 2.10 bits per heavy atom. The van der Waals surface area contributed by atoms with E-state index in [4.69, 9.17) is 0 Å². The van der Waals surface area contributed by atoms with Gasteiger partial charge in [-0.1, -0.05) is 50.4 Å². The van der Waals surface area contributed by atoms with E-state index in [0.29, 0.717) is 17.4 Å². The summed E-state index contributed by atoms with van der Waals surface area (Å²) in [6.07, 6.45) is 15.6. The Morgan fingerprint density at radius 2 is 1.45 bits per heavy atom. The summed E-state index contributed by atoms with van der Waals surface area (Å²) in [6, 6.07) is 0.694. The highest BCUT2D eigenvalue weighted by Gasteiger charge is 2.40. The maximum atomic E-state index is 3.80. The van der Waals surface area contributed by atoms with Crippen LogP contribution in [0.25, 0.3) is 0 Å². The van der Waals surface area contributed by atoms with Crippen molar-refractivity contribution in [1.29, 1.82) is 0 Å². The molecule has 1 nitrogen and oxygen atoms in total. The van der Waals surface area contributed by atoms with Crippen molar-refractivity contribution in [2.45, 2.75) is 83.6 Å². The van der Waals surface area contributed by atoms with Crippen LogP contribution in [0.4, 0.5) is 0 Å². The van der Waals surface area contributed by atoms with Gasteiger partial charge in [-0.2, -0.15) is 0 Å². The van der Waals surface area contributed by atoms with E-state index in [0.717, 1.165) is 12.5 Å². The van der Waals surface area contributed by atoms with Gasteiger partial charge in [0.1, 0.15) is 0 Å². The first-order valence-corrected chi connectivity index (χ1v) is 9.03. The molecule has 1 heterocycles. The van der Waals surface area contributed by atoms with Crippen LogP contribution in [0.2, 0.25) is 0 Å². The molecule has 0 amide bonds. The van der Waals surface area contributed by atoms with Crippen LogP contribution >= 0.6 is 0 Å². The van der Waals surface area contributed by atoms with Crippen LogP contribution in [0, 0.1) is 29.1 Å². The Balaban J connectivity index is 1.67. The molecule has 1 N–H and O–H groups in total. The van der Waals surface area contributed by atoms with Crippen molar-refractivity contribution in [3.05, 3.63) is 0 Å². The van der Waals surface area contributed by atoms with Crippen LogP contribution in [0.5, 0.6) is 0 Å². The third kappa shape index (κ3) is 3.59. The molecule has 0 aromatic carbocycles. The molecule has 0 aromatic rings. The Morgan fingerprint density at radius 1 is 0.850 bits per heavy atom. The van der Waals surface area contributed by atoms with Gasteiger partial charge in [0.15, 0.2) is 0 Å². The molecule has 3 aliphatic rings. The minimum atomic E-state index is 0.547. The lowest BCUT2D eigenvalue weighted by atomic mass is 9.66. The lowest BCUT2D eigenvalue weighted by molar-refractivity contribution is 0.0940. The van der Waals surface area contributed by atoms with Crippen LogP contribution in [0.3, 0.4) is 0 Å². The molecule has 3 rings (SSSR count). The summed E-state index contributed by atoms with van der Waals surface area (Å²) >= 11 is 0. The molecule has 20 heavy (non-hydrogen) atoms. The summed E-state index contributed by atoms with van der Waals surface area (Å²) in [5, 5.41) is 3.80. The minimum absolute atomic E-state index is 0.547. The zero-order valence-corrected chi connectivity index (χ0v) is 13.2. The van der Waals surface area contributed by atoms with Gasteiger partial charge in [0, 0.05) is 24.4 Å². The molecule has 1 spiro atoms. The zero-order valence-electron chi connectivity index (χ0n) is 13.2. The smallest absolute Gasteiger partial charge is 0.0333 e. The van der Waals surface area contributed by atoms with Crippen molar-refractivity contribution in [3.8, 4) is 11.8 Å². The van der Waals surface area contributed by atoms with Crippen molar-refractivity contribution >= 4 is 0 Å². The molecule has 1 unspecified atom stereocenters. The Bertz CT molecular complexity index is 361. The van der Waals surface area contributed by atoms with Crippen molar-refractivity contribution in [3.63, 3.8) is 0 Å². The first-order valence-electron chi connectivity index (χ1n) is 9.03.